The minimum Gasteiger partial charge on any atom is -0.360 e. The summed E-state index contributed by atoms with van der Waals surface area (Å²) >= 11 is 0. The van der Waals surface area contributed by atoms with E-state index < -0.39 is 0 Å². The number of allylic oxidation sites excluding steroid dienone is 1. The Bertz CT molecular complexity index is 2850. The average molecular weight is 691 g/mol. The van der Waals surface area contributed by atoms with Crippen LogP contribution in [-0.2, 0) is 0 Å². The Hall–Kier alpha value is -7.17. The van der Waals surface area contributed by atoms with Crippen molar-refractivity contribution in [1.29, 1.82) is 0 Å². The molecule has 1 aliphatic rings. The summed E-state index contributed by atoms with van der Waals surface area (Å²) in [6.07, 6.45) is 7.59. The molecule has 1 atom stereocenters. The van der Waals surface area contributed by atoms with Crippen molar-refractivity contribution in [3.8, 4) is 33.4 Å². The van der Waals surface area contributed by atoms with E-state index in [-0.39, 0.29) is 6.17 Å². The molecule has 0 aliphatic carbocycles. The molecule has 4 nitrogen and oxygen atoms in total. The highest BCUT2D eigenvalue weighted by Crippen LogP contribution is 2.44. The zero-order valence-corrected chi connectivity index (χ0v) is 29.4. The lowest BCUT2D eigenvalue weighted by atomic mass is 9.85. The van der Waals surface area contributed by atoms with Crippen LogP contribution < -0.4 is 5.32 Å². The van der Waals surface area contributed by atoms with Crippen LogP contribution in [0.5, 0.6) is 0 Å². The third-order valence-corrected chi connectivity index (χ3v) is 10.4. The average Bonchev–Trinajstić information content (AvgIpc) is 3.26. The second kappa shape index (κ2) is 13.4. The Kier molecular flexibility index (Phi) is 7.85. The number of rotatable bonds is 6. The van der Waals surface area contributed by atoms with Gasteiger partial charge in [0, 0.05) is 46.4 Å². The Labute approximate surface area is 313 Å². The van der Waals surface area contributed by atoms with Crippen LogP contribution in [0.2, 0.25) is 0 Å². The van der Waals surface area contributed by atoms with E-state index in [0.717, 1.165) is 61.3 Å². The zero-order valence-electron chi connectivity index (χ0n) is 29.4. The van der Waals surface area contributed by atoms with Crippen molar-refractivity contribution in [1.82, 2.24) is 15.3 Å². The molecule has 0 saturated carbocycles. The Morgan fingerprint density at radius 2 is 1.07 bits per heavy atom. The lowest BCUT2D eigenvalue weighted by molar-refractivity contribution is 0.664. The molecule has 0 spiro atoms. The lowest BCUT2D eigenvalue weighted by Crippen LogP contribution is -2.24. The van der Waals surface area contributed by atoms with E-state index in [1.54, 1.807) is 6.20 Å². The third kappa shape index (κ3) is 5.71. The standard InChI is InChI=1S/C50H34N4/c1-2-13-33(14-3-1)46-30-47(36-17-10-16-34(27-36)39-20-12-26-51-31-39)54-50(53-46)38-19-11-18-37(29-38)48-41-21-5-7-23-43(41)49(44-24-8-6-22-42(44)48)40-28-35-15-4-9-25-45(35)52-32-40/h1-32,50,53H. The monoisotopic (exact) mass is 690 g/mol. The number of pyridine rings is 2. The quantitative estimate of drug-likeness (QED) is 0.177. The molecule has 4 heteroatoms. The third-order valence-electron chi connectivity index (χ3n) is 10.4. The maximum Gasteiger partial charge on any atom is 0.145 e. The summed E-state index contributed by atoms with van der Waals surface area (Å²) in [5.41, 5.74) is 13.1. The van der Waals surface area contributed by atoms with Crippen molar-refractivity contribution in [2.24, 2.45) is 4.99 Å². The number of aromatic nitrogens is 2. The fraction of sp³-hybridized carbons (Fsp3) is 0.0200. The van der Waals surface area contributed by atoms with Gasteiger partial charge >= 0.3 is 0 Å². The topological polar surface area (TPSA) is 50.2 Å². The number of hydrogen-bond donors (Lipinski definition) is 1. The molecule has 1 unspecified atom stereocenters. The summed E-state index contributed by atoms with van der Waals surface area (Å²) < 4.78 is 0. The Morgan fingerprint density at radius 1 is 0.444 bits per heavy atom. The van der Waals surface area contributed by atoms with E-state index in [0.29, 0.717) is 0 Å². The first-order valence-electron chi connectivity index (χ1n) is 18.3. The summed E-state index contributed by atoms with van der Waals surface area (Å²) in [6, 6.07) is 60.2. The van der Waals surface area contributed by atoms with Gasteiger partial charge in [0.15, 0.2) is 0 Å². The predicted octanol–water partition coefficient (Wildman–Crippen LogP) is 12.1. The van der Waals surface area contributed by atoms with Crippen LogP contribution in [0.15, 0.2) is 200 Å². The van der Waals surface area contributed by atoms with Crippen LogP contribution in [0.25, 0.3) is 71.5 Å². The first-order valence-corrected chi connectivity index (χ1v) is 18.3. The van der Waals surface area contributed by atoms with Crippen LogP contribution in [0.1, 0.15) is 22.9 Å². The van der Waals surface area contributed by atoms with Gasteiger partial charge in [-0.3, -0.25) is 15.0 Å². The van der Waals surface area contributed by atoms with E-state index in [4.69, 9.17) is 9.98 Å². The largest absolute Gasteiger partial charge is 0.360 e. The molecular formula is C50H34N4. The normalized spacial score (nSPS) is 14.1. The molecule has 0 bridgehead atoms. The number of para-hydroxylation sites is 1. The van der Waals surface area contributed by atoms with E-state index in [1.165, 1.54) is 32.7 Å². The molecule has 2 aromatic heterocycles. The first-order chi connectivity index (χ1) is 26.8. The summed E-state index contributed by atoms with van der Waals surface area (Å²) in [6.45, 7) is 0. The van der Waals surface area contributed by atoms with Crippen molar-refractivity contribution < 1.29 is 0 Å². The first kappa shape index (κ1) is 31.6. The smallest absolute Gasteiger partial charge is 0.145 e. The zero-order chi connectivity index (χ0) is 35.8. The molecule has 9 aromatic rings. The van der Waals surface area contributed by atoms with Crippen LogP contribution in [-0.4, -0.2) is 15.7 Å². The summed E-state index contributed by atoms with van der Waals surface area (Å²) in [5.74, 6) is 0. The number of nitrogens with zero attached hydrogens (tertiary/aromatic N) is 3. The second-order valence-electron chi connectivity index (χ2n) is 13.7. The molecule has 0 fully saturated rings. The molecule has 0 radical (unpaired) electrons. The van der Waals surface area contributed by atoms with E-state index in [1.807, 2.05) is 24.5 Å². The number of benzene rings is 7. The van der Waals surface area contributed by atoms with Gasteiger partial charge in [-0.2, -0.15) is 0 Å². The fourth-order valence-electron chi connectivity index (χ4n) is 7.85. The SMILES string of the molecule is C1=C(c2ccccc2)NC(c2cccc(-c3c4ccccc4c(-c4cnc5ccccc5c4)c4ccccc34)c2)N=C1c1cccc(-c2cccnc2)c1. The van der Waals surface area contributed by atoms with Crippen molar-refractivity contribution in [2.75, 3.05) is 0 Å². The number of fused-ring (bicyclic) bond motifs is 3. The number of hydrogen-bond acceptors (Lipinski definition) is 4. The van der Waals surface area contributed by atoms with Crippen molar-refractivity contribution in [3.05, 3.63) is 211 Å². The summed E-state index contributed by atoms with van der Waals surface area (Å²) in [7, 11) is 0. The molecule has 10 rings (SSSR count). The highest BCUT2D eigenvalue weighted by atomic mass is 15.1. The number of nitrogens with one attached hydrogen (secondary N) is 1. The van der Waals surface area contributed by atoms with Crippen molar-refractivity contribution >= 4 is 43.9 Å². The molecule has 1 N–H and O–H groups in total. The molecule has 54 heavy (non-hydrogen) atoms. The second-order valence-corrected chi connectivity index (χ2v) is 13.7. The molecule has 0 saturated heterocycles. The molecule has 0 amide bonds. The van der Waals surface area contributed by atoms with Crippen LogP contribution in [0, 0.1) is 0 Å². The van der Waals surface area contributed by atoms with Gasteiger partial charge in [0.2, 0.25) is 0 Å². The predicted molar refractivity (Wildman–Crippen MR) is 224 cm³/mol. The van der Waals surface area contributed by atoms with Gasteiger partial charge in [-0.25, -0.2) is 0 Å². The van der Waals surface area contributed by atoms with Crippen LogP contribution in [0.4, 0.5) is 0 Å². The number of aliphatic imine (C=N–C) groups is 1. The van der Waals surface area contributed by atoms with E-state index in [9.17, 15) is 0 Å². The van der Waals surface area contributed by atoms with Crippen molar-refractivity contribution in [2.45, 2.75) is 6.17 Å². The Balaban J connectivity index is 1.12. The van der Waals surface area contributed by atoms with Gasteiger partial charge < -0.3 is 5.32 Å². The minimum atomic E-state index is -0.303. The molecule has 3 heterocycles. The minimum absolute atomic E-state index is 0.303. The van der Waals surface area contributed by atoms with Gasteiger partial charge in [0.1, 0.15) is 6.17 Å². The van der Waals surface area contributed by atoms with Crippen LogP contribution in [0.3, 0.4) is 0 Å². The highest BCUT2D eigenvalue weighted by molar-refractivity contribution is 6.21. The molecular weight excluding hydrogens is 657 g/mol. The van der Waals surface area contributed by atoms with Gasteiger partial charge in [-0.05, 0) is 91.3 Å². The van der Waals surface area contributed by atoms with Crippen molar-refractivity contribution in [3.63, 3.8) is 0 Å². The van der Waals surface area contributed by atoms with E-state index in [2.05, 4.69) is 174 Å². The summed E-state index contributed by atoms with van der Waals surface area (Å²) in [5, 5.41) is 9.73. The van der Waals surface area contributed by atoms with E-state index >= 15 is 0 Å². The van der Waals surface area contributed by atoms with Gasteiger partial charge in [-0.15, -0.1) is 0 Å². The summed E-state index contributed by atoms with van der Waals surface area (Å²) in [4.78, 5) is 14.6. The van der Waals surface area contributed by atoms with Gasteiger partial charge in [0.05, 0.1) is 11.2 Å². The maximum atomic E-state index is 5.38. The molecule has 7 aromatic carbocycles. The van der Waals surface area contributed by atoms with Gasteiger partial charge in [-0.1, -0.05) is 140 Å². The lowest BCUT2D eigenvalue weighted by Gasteiger charge is -2.25. The van der Waals surface area contributed by atoms with Gasteiger partial charge in [0.25, 0.3) is 0 Å². The highest BCUT2D eigenvalue weighted by Gasteiger charge is 2.22. The fourth-order valence-corrected chi connectivity index (χ4v) is 7.85. The van der Waals surface area contributed by atoms with Crippen LogP contribution >= 0.6 is 0 Å². The molecule has 254 valence electrons. The molecule has 1 aliphatic heterocycles. The Morgan fingerprint density at radius 3 is 1.83 bits per heavy atom. The maximum absolute atomic E-state index is 5.38.